The van der Waals surface area contributed by atoms with Gasteiger partial charge in [0, 0.05) is 19.0 Å². The number of aromatic nitrogens is 3. The standard InChI is InChI=1S/C14H22N4/c1-3-15-14-17-16-13(18(14)4-2)12-10-8-5-6-9(7-8)11(10)12/h8-12H,3-7H2,1-2H3,(H,15,17). The highest BCUT2D eigenvalue weighted by Gasteiger charge is 2.66. The lowest BCUT2D eigenvalue weighted by Gasteiger charge is -2.11. The van der Waals surface area contributed by atoms with Gasteiger partial charge in [0.05, 0.1) is 0 Å². The van der Waals surface area contributed by atoms with Gasteiger partial charge >= 0.3 is 0 Å². The Balaban J connectivity index is 1.63. The molecule has 1 heterocycles. The minimum atomic E-state index is 0.733. The van der Waals surface area contributed by atoms with Gasteiger partial charge in [0.25, 0.3) is 0 Å². The summed E-state index contributed by atoms with van der Waals surface area (Å²) in [6.45, 7) is 6.21. The quantitative estimate of drug-likeness (QED) is 0.887. The second-order valence-corrected chi connectivity index (χ2v) is 6.17. The Hall–Kier alpha value is -1.06. The van der Waals surface area contributed by atoms with Crippen molar-refractivity contribution in [2.75, 3.05) is 11.9 Å². The highest BCUT2D eigenvalue weighted by atomic mass is 15.4. The fourth-order valence-electron chi connectivity index (χ4n) is 4.83. The fraction of sp³-hybridized carbons (Fsp3) is 0.857. The van der Waals surface area contributed by atoms with Gasteiger partial charge in [0.15, 0.2) is 0 Å². The molecule has 4 rings (SSSR count). The van der Waals surface area contributed by atoms with E-state index in [9.17, 15) is 0 Å². The Bertz CT molecular complexity index is 450. The first-order chi connectivity index (χ1) is 8.85. The molecule has 0 aliphatic heterocycles. The van der Waals surface area contributed by atoms with Crippen LogP contribution in [0.2, 0.25) is 0 Å². The molecule has 98 valence electrons. The van der Waals surface area contributed by atoms with Crippen LogP contribution in [0.3, 0.4) is 0 Å². The van der Waals surface area contributed by atoms with Gasteiger partial charge in [-0.2, -0.15) is 0 Å². The van der Waals surface area contributed by atoms with Crippen molar-refractivity contribution in [3.8, 4) is 0 Å². The monoisotopic (exact) mass is 246 g/mol. The van der Waals surface area contributed by atoms with Gasteiger partial charge in [-0.25, -0.2) is 0 Å². The van der Waals surface area contributed by atoms with E-state index in [0.29, 0.717) is 0 Å². The summed E-state index contributed by atoms with van der Waals surface area (Å²) in [5.41, 5.74) is 0. The smallest absolute Gasteiger partial charge is 0.224 e. The number of hydrogen-bond donors (Lipinski definition) is 1. The normalized spacial score (nSPS) is 40.0. The van der Waals surface area contributed by atoms with Crippen molar-refractivity contribution in [1.82, 2.24) is 14.8 Å². The molecule has 1 aromatic rings. The second-order valence-electron chi connectivity index (χ2n) is 6.17. The first-order valence-corrected chi connectivity index (χ1v) is 7.52. The third-order valence-corrected chi connectivity index (χ3v) is 5.46. The molecule has 1 N–H and O–H groups in total. The van der Waals surface area contributed by atoms with E-state index >= 15 is 0 Å². The summed E-state index contributed by atoms with van der Waals surface area (Å²) < 4.78 is 2.30. The number of nitrogens with zero attached hydrogens (tertiary/aromatic N) is 3. The summed E-state index contributed by atoms with van der Waals surface area (Å²) in [6.07, 6.45) is 4.46. The Morgan fingerprint density at radius 2 is 1.89 bits per heavy atom. The third-order valence-electron chi connectivity index (χ3n) is 5.46. The number of anilines is 1. The zero-order valence-electron chi connectivity index (χ0n) is 11.3. The van der Waals surface area contributed by atoms with Gasteiger partial charge in [-0.3, -0.25) is 4.57 Å². The minimum Gasteiger partial charge on any atom is -0.355 e. The van der Waals surface area contributed by atoms with Crippen molar-refractivity contribution in [3.63, 3.8) is 0 Å². The van der Waals surface area contributed by atoms with Gasteiger partial charge in [-0.05, 0) is 56.8 Å². The molecule has 1 aromatic heterocycles. The molecular weight excluding hydrogens is 224 g/mol. The van der Waals surface area contributed by atoms with Crippen molar-refractivity contribution in [2.24, 2.45) is 23.7 Å². The number of hydrogen-bond acceptors (Lipinski definition) is 3. The predicted octanol–water partition coefficient (Wildman–Crippen LogP) is 2.49. The Morgan fingerprint density at radius 1 is 1.17 bits per heavy atom. The average molecular weight is 246 g/mol. The Kier molecular flexibility index (Phi) is 2.24. The Morgan fingerprint density at radius 3 is 2.50 bits per heavy atom. The largest absolute Gasteiger partial charge is 0.355 e. The Labute approximate surface area is 108 Å². The maximum absolute atomic E-state index is 4.50. The fourth-order valence-corrected chi connectivity index (χ4v) is 4.83. The second kappa shape index (κ2) is 3.72. The molecule has 0 amide bonds. The van der Waals surface area contributed by atoms with E-state index in [-0.39, 0.29) is 0 Å². The highest BCUT2D eigenvalue weighted by Crippen LogP contribution is 2.72. The molecule has 4 heteroatoms. The van der Waals surface area contributed by atoms with Crippen LogP contribution in [-0.4, -0.2) is 21.3 Å². The first kappa shape index (κ1) is 10.8. The van der Waals surface area contributed by atoms with Crippen LogP contribution < -0.4 is 5.32 Å². The van der Waals surface area contributed by atoms with Crippen LogP contribution in [0.5, 0.6) is 0 Å². The summed E-state index contributed by atoms with van der Waals surface area (Å²) in [5.74, 6) is 6.88. The first-order valence-electron chi connectivity index (χ1n) is 7.52. The molecule has 4 nitrogen and oxygen atoms in total. The summed E-state index contributed by atoms with van der Waals surface area (Å²) >= 11 is 0. The molecule has 4 atom stereocenters. The number of rotatable bonds is 4. The molecule has 3 saturated carbocycles. The maximum Gasteiger partial charge on any atom is 0.224 e. The van der Waals surface area contributed by atoms with Gasteiger partial charge in [0.1, 0.15) is 5.82 Å². The average Bonchev–Trinajstić information content (AvgIpc) is 2.76. The van der Waals surface area contributed by atoms with Crippen LogP contribution >= 0.6 is 0 Å². The van der Waals surface area contributed by atoms with Crippen LogP contribution in [0, 0.1) is 23.7 Å². The number of fused-ring (bicyclic) bond motifs is 5. The van der Waals surface area contributed by atoms with E-state index in [2.05, 4.69) is 33.9 Å². The molecular formula is C14H22N4. The lowest BCUT2D eigenvalue weighted by atomic mass is 10.0. The zero-order valence-corrected chi connectivity index (χ0v) is 11.3. The molecule has 0 saturated heterocycles. The SMILES string of the molecule is CCNc1nnc(C2C3C4CCC(C4)C23)n1CC. The molecule has 0 spiro atoms. The van der Waals surface area contributed by atoms with E-state index in [1.807, 2.05) is 0 Å². The van der Waals surface area contributed by atoms with Gasteiger partial charge in [-0.15, -0.1) is 10.2 Å². The van der Waals surface area contributed by atoms with Crippen molar-refractivity contribution < 1.29 is 0 Å². The van der Waals surface area contributed by atoms with Crippen LogP contribution in [0.25, 0.3) is 0 Å². The summed E-state index contributed by atoms with van der Waals surface area (Å²) in [4.78, 5) is 0. The predicted molar refractivity (Wildman–Crippen MR) is 70.4 cm³/mol. The van der Waals surface area contributed by atoms with Crippen LogP contribution in [0.4, 0.5) is 5.95 Å². The lowest BCUT2D eigenvalue weighted by Crippen LogP contribution is -2.10. The zero-order chi connectivity index (χ0) is 12.3. The van der Waals surface area contributed by atoms with Crippen molar-refractivity contribution in [3.05, 3.63) is 5.82 Å². The van der Waals surface area contributed by atoms with Crippen molar-refractivity contribution >= 4 is 5.95 Å². The van der Waals surface area contributed by atoms with E-state index in [4.69, 9.17) is 0 Å². The van der Waals surface area contributed by atoms with Crippen LogP contribution in [0.15, 0.2) is 0 Å². The van der Waals surface area contributed by atoms with Gasteiger partial charge in [-0.1, -0.05) is 0 Å². The summed E-state index contributed by atoms with van der Waals surface area (Å²) in [6, 6.07) is 0. The maximum atomic E-state index is 4.50. The molecule has 2 bridgehead atoms. The van der Waals surface area contributed by atoms with Crippen molar-refractivity contribution in [1.29, 1.82) is 0 Å². The van der Waals surface area contributed by atoms with E-state index < -0.39 is 0 Å². The number of nitrogens with one attached hydrogen (secondary N) is 1. The molecule has 18 heavy (non-hydrogen) atoms. The van der Waals surface area contributed by atoms with Crippen LogP contribution in [-0.2, 0) is 6.54 Å². The molecule has 3 aliphatic carbocycles. The lowest BCUT2D eigenvalue weighted by molar-refractivity contribution is 0.456. The van der Waals surface area contributed by atoms with Crippen molar-refractivity contribution in [2.45, 2.75) is 45.6 Å². The molecule has 3 aliphatic rings. The van der Waals surface area contributed by atoms with Gasteiger partial charge < -0.3 is 5.32 Å². The third kappa shape index (κ3) is 1.26. The van der Waals surface area contributed by atoms with Gasteiger partial charge in [0.2, 0.25) is 5.95 Å². The van der Waals surface area contributed by atoms with Crippen LogP contribution in [0.1, 0.15) is 44.9 Å². The van der Waals surface area contributed by atoms with E-state index in [1.54, 1.807) is 0 Å². The summed E-state index contributed by atoms with van der Waals surface area (Å²) in [7, 11) is 0. The molecule has 3 fully saturated rings. The highest BCUT2D eigenvalue weighted by molar-refractivity contribution is 5.32. The van der Waals surface area contributed by atoms with E-state index in [0.717, 1.165) is 48.6 Å². The van der Waals surface area contributed by atoms with E-state index in [1.165, 1.54) is 25.1 Å². The topological polar surface area (TPSA) is 42.7 Å². The molecule has 0 radical (unpaired) electrons. The minimum absolute atomic E-state index is 0.733. The summed E-state index contributed by atoms with van der Waals surface area (Å²) in [5, 5.41) is 12.2. The molecule has 4 unspecified atom stereocenters. The molecule has 0 aromatic carbocycles.